The minimum Gasteiger partial charge on any atom is -0.370 e. The van der Waals surface area contributed by atoms with Gasteiger partial charge in [0.15, 0.2) is 0 Å². The summed E-state index contributed by atoms with van der Waals surface area (Å²) in [6.45, 7) is 2.50. The van der Waals surface area contributed by atoms with Crippen molar-refractivity contribution >= 4 is 16.7 Å². The quantitative estimate of drug-likeness (QED) is 0.580. The predicted octanol–water partition coefficient (Wildman–Crippen LogP) is -0.782. The molecule has 0 saturated carbocycles. The van der Waals surface area contributed by atoms with E-state index >= 15 is 0 Å². The van der Waals surface area contributed by atoms with Gasteiger partial charge in [-0.1, -0.05) is 0 Å². The third-order valence-electron chi connectivity index (χ3n) is 1.35. The number of rotatable bonds is 6. The van der Waals surface area contributed by atoms with Gasteiger partial charge in [-0.2, -0.15) is 0 Å². The maximum absolute atomic E-state index is 10.7. The lowest BCUT2D eigenvalue weighted by Crippen LogP contribution is -2.33. The Morgan fingerprint density at radius 3 is 2.67 bits per heavy atom. The zero-order valence-electron chi connectivity index (χ0n) is 7.50. The van der Waals surface area contributed by atoms with Gasteiger partial charge in [0, 0.05) is 41.8 Å². The van der Waals surface area contributed by atoms with Crippen LogP contribution in [0.15, 0.2) is 0 Å². The van der Waals surface area contributed by atoms with Crippen molar-refractivity contribution in [3.8, 4) is 0 Å². The van der Waals surface area contributed by atoms with E-state index in [0.29, 0.717) is 18.7 Å². The maximum atomic E-state index is 10.7. The molecule has 2 unspecified atom stereocenters. The molecule has 0 bridgehead atoms. The minimum absolute atomic E-state index is 0.176. The molecule has 0 spiro atoms. The van der Waals surface area contributed by atoms with Crippen LogP contribution in [-0.4, -0.2) is 34.7 Å². The van der Waals surface area contributed by atoms with Crippen molar-refractivity contribution in [3.63, 3.8) is 0 Å². The van der Waals surface area contributed by atoms with E-state index in [4.69, 9.17) is 5.73 Å². The zero-order valence-corrected chi connectivity index (χ0v) is 8.32. The molecular formula is C7H16N2O2S. The molecule has 12 heavy (non-hydrogen) atoms. The van der Waals surface area contributed by atoms with Crippen LogP contribution in [-0.2, 0) is 15.6 Å². The number of amides is 1. The van der Waals surface area contributed by atoms with Crippen molar-refractivity contribution in [1.82, 2.24) is 5.32 Å². The standard InChI is InChI=1S/C7H16N2O2S/c1-6(5-12(2)11)9-4-3-7(8)10/h6,9H,3-5H2,1-2H3,(H2,8,10). The van der Waals surface area contributed by atoms with Crippen LogP contribution in [0.2, 0.25) is 0 Å². The van der Waals surface area contributed by atoms with Crippen molar-refractivity contribution in [2.45, 2.75) is 19.4 Å². The van der Waals surface area contributed by atoms with E-state index in [1.54, 1.807) is 6.26 Å². The topological polar surface area (TPSA) is 72.2 Å². The average molecular weight is 192 g/mol. The number of carbonyl (C=O) groups is 1. The van der Waals surface area contributed by atoms with E-state index < -0.39 is 10.8 Å². The molecule has 2 atom stereocenters. The highest BCUT2D eigenvalue weighted by molar-refractivity contribution is 7.84. The lowest BCUT2D eigenvalue weighted by Gasteiger charge is -2.10. The van der Waals surface area contributed by atoms with E-state index in [-0.39, 0.29) is 11.9 Å². The summed E-state index contributed by atoms with van der Waals surface area (Å²) in [7, 11) is -0.789. The summed E-state index contributed by atoms with van der Waals surface area (Å²) in [5, 5.41) is 3.05. The second kappa shape index (κ2) is 6.14. The van der Waals surface area contributed by atoms with Gasteiger partial charge in [0.05, 0.1) is 0 Å². The summed E-state index contributed by atoms with van der Waals surface area (Å²) >= 11 is 0. The molecule has 0 aliphatic rings. The summed E-state index contributed by atoms with van der Waals surface area (Å²) in [4.78, 5) is 10.3. The van der Waals surface area contributed by atoms with Crippen LogP contribution in [0.3, 0.4) is 0 Å². The first-order chi connectivity index (χ1) is 5.52. The third-order valence-corrected chi connectivity index (χ3v) is 2.32. The summed E-state index contributed by atoms with van der Waals surface area (Å²) in [6.07, 6.45) is 1.99. The van der Waals surface area contributed by atoms with Gasteiger partial charge in [0.1, 0.15) is 0 Å². The molecule has 72 valence electrons. The van der Waals surface area contributed by atoms with Crippen LogP contribution >= 0.6 is 0 Å². The van der Waals surface area contributed by atoms with Gasteiger partial charge in [-0.05, 0) is 6.92 Å². The normalized spacial score (nSPS) is 15.5. The first-order valence-electron chi connectivity index (χ1n) is 3.84. The van der Waals surface area contributed by atoms with Crippen LogP contribution in [0.25, 0.3) is 0 Å². The van der Waals surface area contributed by atoms with Crippen LogP contribution < -0.4 is 11.1 Å². The van der Waals surface area contributed by atoms with Crippen molar-refractivity contribution in [3.05, 3.63) is 0 Å². The van der Waals surface area contributed by atoms with Gasteiger partial charge in [-0.25, -0.2) is 0 Å². The number of hydrogen-bond donors (Lipinski definition) is 2. The Bertz CT molecular complexity index is 173. The van der Waals surface area contributed by atoms with Gasteiger partial charge in [0.25, 0.3) is 0 Å². The van der Waals surface area contributed by atoms with Gasteiger partial charge >= 0.3 is 0 Å². The molecule has 0 rings (SSSR count). The number of hydrogen-bond acceptors (Lipinski definition) is 3. The van der Waals surface area contributed by atoms with Crippen molar-refractivity contribution in [2.24, 2.45) is 5.73 Å². The molecule has 1 amide bonds. The number of nitrogens with two attached hydrogens (primary N) is 1. The molecule has 0 aromatic heterocycles. The van der Waals surface area contributed by atoms with Gasteiger partial charge in [-0.15, -0.1) is 0 Å². The largest absolute Gasteiger partial charge is 0.370 e. The molecule has 5 heteroatoms. The van der Waals surface area contributed by atoms with E-state index in [0.717, 1.165) is 0 Å². The van der Waals surface area contributed by atoms with E-state index in [9.17, 15) is 9.00 Å². The second-order valence-electron chi connectivity index (χ2n) is 2.81. The summed E-state index contributed by atoms with van der Waals surface area (Å²) in [6, 6.07) is 0.176. The monoisotopic (exact) mass is 192 g/mol. The number of carbonyl (C=O) groups excluding carboxylic acids is 1. The molecule has 0 aromatic carbocycles. The smallest absolute Gasteiger partial charge is 0.218 e. The van der Waals surface area contributed by atoms with Crippen LogP contribution in [0.1, 0.15) is 13.3 Å². The molecule has 0 fully saturated rings. The van der Waals surface area contributed by atoms with Crippen molar-refractivity contribution < 1.29 is 9.00 Å². The molecule has 0 aliphatic heterocycles. The average Bonchev–Trinajstić information content (AvgIpc) is 1.84. The Labute approximate surface area is 75.4 Å². The highest BCUT2D eigenvalue weighted by Crippen LogP contribution is 1.85. The molecule has 3 N–H and O–H groups in total. The first-order valence-corrected chi connectivity index (χ1v) is 5.56. The molecule has 0 radical (unpaired) electrons. The number of primary amides is 1. The lowest BCUT2D eigenvalue weighted by atomic mass is 10.3. The molecule has 4 nitrogen and oxygen atoms in total. The molecule has 0 heterocycles. The molecule has 0 aromatic rings. The summed E-state index contributed by atoms with van der Waals surface area (Å²) in [5.41, 5.74) is 4.94. The minimum atomic E-state index is -0.789. The lowest BCUT2D eigenvalue weighted by molar-refractivity contribution is -0.117. The molecule has 0 saturated heterocycles. The van der Waals surface area contributed by atoms with Gasteiger partial charge in [-0.3, -0.25) is 9.00 Å². The summed E-state index contributed by atoms with van der Waals surface area (Å²) in [5.74, 6) is 0.297. The van der Waals surface area contributed by atoms with Gasteiger partial charge < -0.3 is 11.1 Å². The fraction of sp³-hybridized carbons (Fsp3) is 0.857. The maximum Gasteiger partial charge on any atom is 0.218 e. The third kappa shape index (κ3) is 7.68. The fourth-order valence-electron chi connectivity index (χ4n) is 0.853. The first kappa shape index (κ1) is 11.6. The predicted molar refractivity (Wildman–Crippen MR) is 50.2 cm³/mol. The van der Waals surface area contributed by atoms with Crippen molar-refractivity contribution in [1.29, 1.82) is 0 Å². The summed E-state index contributed by atoms with van der Waals surface area (Å²) < 4.78 is 10.7. The highest BCUT2D eigenvalue weighted by atomic mass is 32.2. The second-order valence-corrected chi connectivity index (χ2v) is 4.29. The molecule has 0 aliphatic carbocycles. The number of nitrogens with one attached hydrogen (secondary N) is 1. The zero-order chi connectivity index (χ0) is 9.56. The Morgan fingerprint density at radius 2 is 2.25 bits per heavy atom. The van der Waals surface area contributed by atoms with Crippen LogP contribution in [0, 0.1) is 0 Å². The van der Waals surface area contributed by atoms with Crippen LogP contribution in [0.5, 0.6) is 0 Å². The van der Waals surface area contributed by atoms with Crippen LogP contribution in [0.4, 0.5) is 0 Å². The molecular weight excluding hydrogens is 176 g/mol. The van der Waals surface area contributed by atoms with E-state index in [2.05, 4.69) is 5.32 Å². The van der Waals surface area contributed by atoms with E-state index in [1.807, 2.05) is 6.92 Å². The Hall–Kier alpha value is -0.420. The Balaban J connectivity index is 3.37. The van der Waals surface area contributed by atoms with Crippen molar-refractivity contribution in [2.75, 3.05) is 18.6 Å². The Morgan fingerprint density at radius 1 is 1.67 bits per heavy atom. The Kier molecular flexibility index (Phi) is 5.92. The van der Waals surface area contributed by atoms with E-state index in [1.165, 1.54) is 0 Å². The highest BCUT2D eigenvalue weighted by Gasteiger charge is 2.03. The fourth-order valence-corrected chi connectivity index (χ4v) is 1.67. The van der Waals surface area contributed by atoms with Gasteiger partial charge in [0.2, 0.25) is 5.91 Å². The SMILES string of the molecule is CC(CS(C)=O)NCCC(N)=O.